The Morgan fingerprint density at radius 1 is 1.24 bits per heavy atom. The lowest BCUT2D eigenvalue weighted by molar-refractivity contribution is -0.151. The molecule has 0 aliphatic carbocycles. The number of rotatable bonds is 8. The van der Waals surface area contributed by atoms with E-state index in [0.717, 1.165) is 4.88 Å². The lowest BCUT2D eigenvalue weighted by Gasteiger charge is -2.19. The number of pyridine rings is 1. The van der Waals surface area contributed by atoms with Crippen LogP contribution in [0.1, 0.15) is 17.2 Å². The van der Waals surface area contributed by atoms with Gasteiger partial charge in [-0.3, -0.25) is 0 Å². The molecule has 3 aromatic heterocycles. The summed E-state index contributed by atoms with van der Waals surface area (Å²) in [5, 5.41) is 12.1. The number of benzene rings is 1. The molecule has 8 heteroatoms. The highest BCUT2D eigenvalue weighted by Crippen LogP contribution is 2.37. The van der Waals surface area contributed by atoms with Crippen LogP contribution < -0.4 is 4.74 Å². The minimum atomic E-state index is -1.14. The zero-order valence-corrected chi connectivity index (χ0v) is 18.8. The summed E-state index contributed by atoms with van der Waals surface area (Å²) in [6.07, 6.45) is 0.326. The average Bonchev–Trinajstić information content (AvgIpc) is 3.53. The van der Waals surface area contributed by atoms with Crippen LogP contribution in [-0.4, -0.2) is 17.6 Å². The third kappa shape index (κ3) is 4.98. The summed E-state index contributed by atoms with van der Waals surface area (Å²) < 4.78 is 16.9. The van der Waals surface area contributed by atoms with Crippen molar-refractivity contribution in [3.63, 3.8) is 0 Å². The van der Waals surface area contributed by atoms with Gasteiger partial charge in [0.25, 0.3) is 0 Å². The highest BCUT2D eigenvalue weighted by Gasteiger charge is 2.28. The molecule has 33 heavy (non-hydrogen) atoms. The van der Waals surface area contributed by atoms with Gasteiger partial charge in [0.05, 0.1) is 10.6 Å². The Kier molecular flexibility index (Phi) is 6.89. The molecule has 0 N–H and O–H groups in total. The second-order valence-corrected chi connectivity index (χ2v) is 8.08. The molecular formula is C25H17ClN2O4S. The van der Waals surface area contributed by atoms with Gasteiger partial charge in [-0.2, -0.15) is 5.26 Å². The minimum Gasteiger partial charge on any atom is -0.458 e. The van der Waals surface area contributed by atoms with E-state index in [0.29, 0.717) is 22.6 Å². The van der Waals surface area contributed by atoms with Crippen LogP contribution >= 0.6 is 22.9 Å². The van der Waals surface area contributed by atoms with Gasteiger partial charge in [0.2, 0.25) is 12.0 Å². The number of hydrogen-bond acceptors (Lipinski definition) is 7. The van der Waals surface area contributed by atoms with E-state index in [-0.39, 0.29) is 23.3 Å². The maximum absolute atomic E-state index is 12.8. The highest BCUT2D eigenvalue weighted by molar-refractivity contribution is 7.13. The fourth-order valence-corrected chi connectivity index (χ4v) is 3.96. The maximum Gasteiger partial charge on any atom is 0.352 e. The molecule has 1 aromatic carbocycles. The highest BCUT2D eigenvalue weighted by atomic mass is 35.5. The Morgan fingerprint density at radius 2 is 2.06 bits per heavy atom. The molecule has 4 rings (SSSR count). The van der Waals surface area contributed by atoms with E-state index in [1.807, 2.05) is 23.6 Å². The molecule has 0 radical (unpaired) electrons. The summed E-state index contributed by atoms with van der Waals surface area (Å²) >= 11 is 7.46. The van der Waals surface area contributed by atoms with Gasteiger partial charge in [-0.25, -0.2) is 9.78 Å². The number of furan rings is 1. The predicted octanol–water partition coefficient (Wildman–Crippen LogP) is 6.44. The van der Waals surface area contributed by atoms with Crippen LogP contribution in [0.25, 0.3) is 21.9 Å². The average molecular weight is 477 g/mol. The quantitative estimate of drug-likeness (QED) is 0.215. The van der Waals surface area contributed by atoms with E-state index < -0.39 is 12.1 Å². The van der Waals surface area contributed by atoms with Crippen LogP contribution in [0.4, 0.5) is 0 Å². The topological polar surface area (TPSA) is 85.3 Å². The smallest absolute Gasteiger partial charge is 0.352 e. The first kappa shape index (κ1) is 22.3. The number of aromatic nitrogens is 1. The molecule has 0 saturated carbocycles. The Labute approximate surface area is 199 Å². The number of hydrogen-bond donors (Lipinski definition) is 0. The van der Waals surface area contributed by atoms with Crippen LogP contribution in [-0.2, 0) is 9.53 Å². The largest absolute Gasteiger partial charge is 0.458 e. The molecule has 0 amide bonds. The van der Waals surface area contributed by atoms with Gasteiger partial charge in [0, 0.05) is 11.1 Å². The molecule has 0 bridgehead atoms. The maximum atomic E-state index is 12.8. The summed E-state index contributed by atoms with van der Waals surface area (Å²) in [5.41, 5.74) is 1.68. The van der Waals surface area contributed by atoms with E-state index in [1.165, 1.54) is 17.4 Å². The van der Waals surface area contributed by atoms with Gasteiger partial charge in [-0.15, -0.1) is 11.3 Å². The lowest BCUT2D eigenvalue weighted by atomic mass is 10.1. The summed E-state index contributed by atoms with van der Waals surface area (Å²) in [5.74, 6) is -0.265. The van der Waals surface area contributed by atoms with Crippen molar-refractivity contribution in [2.75, 3.05) is 6.61 Å². The van der Waals surface area contributed by atoms with Crippen LogP contribution in [0.5, 0.6) is 5.88 Å². The van der Waals surface area contributed by atoms with Crippen molar-refractivity contribution < 1.29 is 18.7 Å². The molecule has 0 fully saturated rings. The second-order valence-electron chi connectivity index (χ2n) is 6.76. The van der Waals surface area contributed by atoms with Crippen molar-refractivity contribution in [3.8, 4) is 33.8 Å². The molecule has 1 unspecified atom stereocenters. The summed E-state index contributed by atoms with van der Waals surface area (Å²) in [4.78, 5) is 18.3. The molecule has 0 aliphatic heterocycles. The third-order valence-electron chi connectivity index (χ3n) is 4.60. The molecule has 3 heterocycles. The van der Waals surface area contributed by atoms with E-state index >= 15 is 0 Å². The Bertz CT molecular complexity index is 1310. The van der Waals surface area contributed by atoms with Crippen molar-refractivity contribution in [1.82, 2.24) is 4.98 Å². The minimum absolute atomic E-state index is 0.0182. The molecule has 0 saturated heterocycles. The fourth-order valence-electron chi connectivity index (χ4n) is 3.13. The summed E-state index contributed by atoms with van der Waals surface area (Å²) in [6, 6.07) is 19.8. The standard InChI is InChI=1S/C25H17ClN2O4S/c1-2-12-30-25(29)23(16-7-4-3-5-8-16)32-24-18(15-27)17(20-10-11-22(26)31-20)14-19(28-24)21-9-6-13-33-21/h2-11,13-14,23H,1,12H2. The van der Waals surface area contributed by atoms with E-state index in [1.54, 1.807) is 42.5 Å². The number of nitrogens with zero attached hydrogens (tertiary/aromatic N) is 2. The number of halogens is 1. The van der Waals surface area contributed by atoms with Crippen molar-refractivity contribution in [2.45, 2.75) is 6.10 Å². The molecule has 1 atom stereocenters. The van der Waals surface area contributed by atoms with Crippen molar-refractivity contribution in [2.24, 2.45) is 0 Å². The summed E-state index contributed by atoms with van der Waals surface area (Å²) in [7, 11) is 0. The van der Waals surface area contributed by atoms with Crippen LogP contribution in [0.15, 0.2) is 83.1 Å². The van der Waals surface area contributed by atoms with Gasteiger partial charge in [-0.1, -0.05) is 49.1 Å². The molecule has 164 valence electrons. The monoisotopic (exact) mass is 476 g/mol. The SMILES string of the molecule is C=CCOC(=O)C(Oc1nc(-c2cccs2)cc(-c2ccc(Cl)o2)c1C#N)c1ccccc1. The Hall–Kier alpha value is -3.86. The zero-order chi connectivity index (χ0) is 23.2. The van der Waals surface area contributed by atoms with Gasteiger partial charge in [0.1, 0.15) is 24.0 Å². The molecule has 0 aliphatic rings. The number of thiophene rings is 1. The molecule has 4 aromatic rings. The van der Waals surface area contributed by atoms with Gasteiger partial charge in [-0.05, 0) is 41.2 Å². The summed E-state index contributed by atoms with van der Waals surface area (Å²) in [6.45, 7) is 3.59. The van der Waals surface area contributed by atoms with Gasteiger partial charge in [0.15, 0.2) is 5.22 Å². The van der Waals surface area contributed by atoms with Crippen LogP contribution in [0, 0.1) is 11.3 Å². The first-order valence-electron chi connectivity index (χ1n) is 9.84. The van der Waals surface area contributed by atoms with Crippen LogP contribution in [0.3, 0.4) is 0 Å². The third-order valence-corrected chi connectivity index (χ3v) is 5.70. The molecule has 0 spiro atoms. The number of nitriles is 1. The first-order chi connectivity index (χ1) is 16.1. The van der Waals surface area contributed by atoms with Gasteiger partial charge < -0.3 is 13.9 Å². The van der Waals surface area contributed by atoms with E-state index in [2.05, 4.69) is 17.6 Å². The number of esters is 1. The predicted molar refractivity (Wildman–Crippen MR) is 126 cm³/mol. The second kappa shape index (κ2) is 10.2. The van der Waals surface area contributed by atoms with Crippen molar-refractivity contribution in [1.29, 1.82) is 5.26 Å². The van der Waals surface area contributed by atoms with Gasteiger partial charge >= 0.3 is 5.97 Å². The van der Waals surface area contributed by atoms with Crippen molar-refractivity contribution >= 4 is 28.9 Å². The molecular weight excluding hydrogens is 460 g/mol. The first-order valence-corrected chi connectivity index (χ1v) is 11.1. The normalized spacial score (nSPS) is 11.4. The fraction of sp³-hybridized carbons (Fsp3) is 0.0800. The Morgan fingerprint density at radius 3 is 2.70 bits per heavy atom. The van der Waals surface area contributed by atoms with E-state index in [9.17, 15) is 10.1 Å². The zero-order valence-electron chi connectivity index (χ0n) is 17.2. The van der Waals surface area contributed by atoms with Crippen LogP contribution in [0.2, 0.25) is 5.22 Å². The number of carbonyl (C=O) groups is 1. The molecule has 6 nitrogen and oxygen atoms in total. The lowest BCUT2D eigenvalue weighted by Crippen LogP contribution is -2.22. The van der Waals surface area contributed by atoms with E-state index in [4.69, 9.17) is 25.5 Å². The number of ether oxygens (including phenoxy) is 2. The number of carbonyl (C=O) groups excluding carboxylic acids is 1. The Balaban J connectivity index is 1.85. The van der Waals surface area contributed by atoms with Crippen molar-refractivity contribution in [3.05, 3.63) is 95.0 Å².